The summed E-state index contributed by atoms with van der Waals surface area (Å²) in [5, 5.41) is 2.84. The summed E-state index contributed by atoms with van der Waals surface area (Å²) in [5.41, 5.74) is 0. The maximum absolute atomic E-state index is 10.9. The molecule has 71 valence electrons. The SMILES string of the molecule is COC(=O)n1nc[c]c1S(=O)(=O)Cl. The molecule has 1 radical (unpaired) electrons. The van der Waals surface area contributed by atoms with Crippen LogP contribution in [0.1, 0.15) is 0 Å². The first-order valence-electron chi connectivity index (χ1n) is 2.95. The van der Waals surface area contributed by atoms with Crippen LogP contribution in [0, 0.1) is 6.07 Å². The van der Waals surface area contributed by atoms with Gasteiger partial charge in [0.1, 0.15) is 0 Å². The molecule has 6 nitrogen and oxygen atoms in total. The van der Waals surface area contributed by atoms with Crippen LogP contribution in [0.5, 0.6) is 0 Å². The van der Waals surface area contributed by atoms with Crippen molar-refractivity contribution in [2.75, 3.05) is 7.11 Å². The summed E-state index contributed by atoms with van der Waals surface area (Å²) in [6, 6.07) is 2.19. The Morgan fingerprint density at radius 1 is 1.77 bits per heavy atom. The molecular formula is C5H4ClN2O4S. The third-order valence-electron chi connectivity index (χ3n) is 1.13. The van der Waals surface area contributed by atoms with Crippen LogP contribution in [0.15, 0.2) is 11.2 Å². The summed E-state index contributed by atoms with van der Waals surface area (Å²) in [5.74, 6) is 0. The number of methoxy groups -OCH3 is 1. The second-order valence-corrected chi connectivity index (χ2v) is 4.39. The lowest BCUT2D eigenvalue weighted by molar-refractivity contribution is 0.166. The summed E-state index contributed by atoms with van der Waals surface area (Å²) < 4.78 is 26.4. The predicted octanol–water partition coefficient (Wildman–Crippen LogP) is 0.225. The van der Waals surface area contributed by atoms with E-state index in [0.29, 0.717) is 4.68 Å². The van der Waals surface area contributed by atoms with E-state index in [9.17, 15) is 13.2 Å². The second-order valence-electron chi connectivity index (χ2n) is 1.91. The molecule has 0 atom stereocenters. The number of hydrogen-bond donors (Lipinski definition) is 0. The van der Waals surface area contributed by atoms with Gasteiger partial charge in [0.25, 0.3) is 9.05 Å². The molecule has 0 N–H and O–H groups in total. The van der Waals surface area contributed by atoms with Crippen molar-refractivity contribution in [3.8, 4) is 0 Å². The van der Waals surface area contributed by atoms with Gasteiger partial charge in [-0.1, -0.05) is 0 Å². The Kier molecular flexibility index (Phi) is 2.58. The molecule has 0 fully saturated rings. The molecule has 1 rings (SSSR count). The molecule has 1 heterocycles. The number of rotatable bonds is 1. The lowest BCUT2D eigenvalue weighted by Crippen LogP contribution is -2.16. The second kappa shape index (κ2) is 3.35. The number of hydrogen-bond acceptors (Lipinski definition) is 5. The summed E-state index contributed by atoms with van der Waals surface area (Å²) in [7, 11) is 2.04. The maximum atomic E-state index is 10.9. The third kappa shape index (κ3) is 1.99. The zero-order valence-corrected chi connectivity index (χ0v) is 7.96. The fraction of sp³-hybridized carbons (Fsp3) is 0.200. The van der Waals surface area contributed by atoms with Crippen LogP contribution in [0.25, 0.3) is 0 Å². The Morgan fingerprint density at radius 3 is 2.85 bits per heavy atom. The van der Waals surface area contributed by atoms with Crippen molar-refractivity contribution in [3.63, 3.8) is 0 Å². The first kappa shape index (κ1) is 10.0. The van der Waals surface area contributed by atoms with Gasteiger partial charge in [0.05, 0.1) is 13.3 Å². The molecule has 13 heavy (non-hydrogen) atoms. The molecule has 0 saturated heterocycles. The minimum Gasteiger partial charge on any atom is -0.451 e. The van der Waals surface area contributed by atoms with Gasteiger partial charge in [0, 0.05) is 16.7 Å². The highest BCUT2D eigenvalue weighted by Gasteiger charge is 2.21. The Balaban J connectivity index is 3.26. The number of ether oxygens (including phenoxy) is 1. The molecule has 1 aromatic heterocycles. The van der Waals surface area contributed by atoms with E-state index in [1.165, 1.54) is 0 Å². The smallest absolute Gasteiger partial charge is 0.435 e. The fourth-order valence-electron chi connectivity index (χ4n) is 0.646. The topological polar surface area (TPSA) is 78.3 Å². The number of halogens is 1. The summed E-state index contributed by atoms with van der Waals surface area (Å²) in [4.78, 5) is 10.9. The quantitative estimate of drug-likeness (QED) is 0.637. The molecule has 0 aliphatic carbocycles. The van der Waals surface area contributed by atoms with Crippen molar-refractivity contribution in [2.24, 2.45) is 0 Å². The Hall–Kier alpha value is -1.08. The zero-order valence-electron chi connectivity index (χ0n) is 6.39. The Morgan fingerprint density at radius 2 is 2.38 bits per heavy atom. The van der Waals surface area contributed by atoms with Crippen molar-refractivity contribution in [2.45, 2.75) is 5.03 Å². The highest BCUT2D eigenvalue weighted by atomic mass is 35.7. The third-order valence-corrected chi connectivity index (χ3v) is 2.32. The van der Waals surface area contributed by atoms with Crippen molar-refractivity contribution < 1.29 is 17.9 Å². The average molecular weight is 224 g/mol. The summed E-state index contributed by atoms with van der Waals surface area (Å²) in [6.07, 6.45) is 0.0621. The highest BCUT2D eigenvalue weighted by Crippen LogP contribution is 2.12. The maximum Gasteiger partial charge on any atom is 0.435 e. The van der Waals surface area contributed by atoms with E-state index < -0.39 is 20.2 Å². The van der Waals surface area contributed by atoms with E-state index in [2.05, 4.69) is 15.9 Å². The number of aromatic nitrogens is 2. The standard InChI is InChI=1S/C5H4ClN2O4S/c1-12-5(9)8-4(2-3-7-8)13(6,10)11/h3H,1H3. The molecule has 0 saturated carbocycles. The van der Waals surface area contributed by atoms with Gasteiger partial charge in [-0.3, -0.25) is 0 Å². The van der Waals surface area contributed by atoms with Crippen LogP contribution in [0.2, 0.25) is 0 Å². The van der Waals surface area contributed by atoms with Gasteiger partial charge in [-0.05, 0) is 0 Å². The van der Waals surface area contributed by atoms with Gasteiger partial charge in [0.15, 0.2) is 5.03 Å². The first-order chi connectivity index (χ1) is 5.96. The van der Waals surface area contributed by atoms with Gasteiger partial charge in [-0.2, -0.15) is 9.78 Å². The van der Waals surface area contributed by atoms with E-state index in [1.807, 2.05) is 0 Å². The molecule has 0 aromatic carbocycles. The van der Waals surface area contributed by atoms with Gasteiger partial charge in [-0.15, -0.1) is 0 Å². The van der Waals surface area contributed by atoms with E-state index in [-0.39, 0.29) is 0 Å². The molecule has 0 bridgehead atoms. The van der Waals surface area contributed by atoms with Crippen molar-refractivity contribution >= 4 is 25.8 Å². The van der Waals surface area contributed by atoms with Crippen LogP contribution in [0.3, 0.4) is 0 Å². The van der Waals surface area contributed by atoms with Crippen LogP contribution in [-0.4, -0.2) is 31.4 Å². The molecule has 1 aromatic rings. The Labute approximate surface area is 78.5 Å². The highest BCUT2D eigenvalue weighted by molar-refractivity contribution is 8.13. The average Bonchev–Trinajstić information content (AvgIpc) is 2.49. The molecule has 0 spiro atoms. The molecule has 0 aliphatic heterocycles. The minimum absolute atomic E-state index is 0.502. The minimum atomic E-state index is -4.03. The lowest BCUT2D eigenvalue weighted by atomic mass is 10.7. The van der Waals surface area contributed by atoms with E-state index in [4.69, 9.17) is 10.7 Å². The van der Waals surface area contributed by atoms with Gasteiger partial charge in [0.2, 0.25) is 0 Å². The lowest BCUT2D eigenvalue weighted by Gasteiger charge is -1.99. The number of carbonyl (C=O) groups is 1. The largest absolute Gasteiger partial charge is 0.451 e. The fourth-order valence-corrected chi connectivity index (χ4v) is 1.50. The van der Waals surface area contributed by atoms with E-state index in [0.717, 1.165) is 13.3 Å². The Bertz CT molecular complexity index is 423. The molecule has 8 heteroatoms. The predicted molar refractivity (Wildman–Crippen MR) is 41.9 cm³/mol. The van der Waals surface area contributed by atoms with Crippen molar-refractivity contribution in [1.29, 1.82) is 0 Å². The monoisotopic (exact) mass is 223 g/mol. The number of nitrogens with zero attached hydrogens (tertiary/aromatic N) is 2. The normalized spacial score (nSPS) is 11.2. The molecule has 0 aliphatic rings. The van der Waals surface area contributed by atoms with Gasteiger partial charge < -0.3 is 4.74 Å². The van der Waals surface area contributed by atoms with E-state index >= 15 is 0 Å². The van der Waals surface area contributed by atoms with Crippen molar-refractivity contribution in [1.82, 2.24) is 9.78 Å². The van der Waals surface area contributed by atoms with Gasteiger partial charge in [-0.25, -0.2) is 13.2 Å². The first-order valence-corrected chi connectivity index (χ1v) is 5.26. The number of carbonyl (C=O) groups excluding carboxylic acids is 1. The zero-order chi connectivity index (χ0) is 10.1. The van der Waals surface area contributed by atoms with Crippen LogP contribution < -0.4 is 0 Å². The van der Waals surface area contributed by atoms with Crippen LogP contribution in [-0.2, 0) is 13.8 Å². The molecular weight excluding hydrogens is 220 g/mol. The van der Waals surface area contributed by atoms with Crippen LogP contribution >= 0.6 is 10.7 Å². The summed E-state index contributed by atoms with van der Waals surface area (Å²) in [6.45, 7) is 0. The molecule has 0 amide bonds. The van der Waals surface area contributed by atoms with Crippen molar-refractivity contribution in [3.05, 3.63) is 12.3 Å². The van der Waals surface area contributed by atoms with Gasteiger partial charge >= 0.3 is 6.09 Å². The van der Waals surface area contributed by atoms with Crippen LogP contribution in [0.4, 0.5) is 4.79 Å². The molecule has 0 unspecified atom stereocenters. The summed E-state index contributed by atoms with van der Waals surface area (Å²) >= 11 is 0. The van der Waals surface area contributed by atoms with E-state index in [1.54, 1.807) is 0 Å².